The summed E-state index contributed by atoms with van der Waals surface area (Å²) in [5.41, 5.74) is 1.15. The lowest BCUT2D eigenvalue weighted by Crippen LogP contribution is -2.07. The summed E-state index contributed by atoms with van der Waals surface area (Å²) in [6.07, 6.45) is 5.52. The summed E-state index contributed by atoms with van der Waals surface area (Å²) < 4.78 is 3.90. The zero-order valence-corrected chi connectivity index (χ0v) is 8.31. The number of hydrogen-bond donors (Lipinski definition) is 1. The van der Waals surface area contributed by atoms with Crippen LogP contribution in [-0.2, 0) is 13.6 Å². The molecular formula is C9H13N5. The summed E-state index contributed by atoms with van der Waals surface area (Å²) in [5.74, 6) is 0.867. The maximum Gasteiger partial charge on any atom is 0.202 e. The van der Waals surface area contributed by atoms with Crippen LogP contribution in [0.1, 0.15) is 5.69 Å². The molecule has 0 unspecified atom stereocenters. The van der Waals surface area contributed by atoms with Gasteiger partial charge in [0.25, 0.3) is 0 Å². The Bertz CT molecular complexity index is 414. The first-order valence-corrected chi connectivity index (χ1v) is 4.47. The van der Waals surface area contributed by atoms with Gasteiger partial charge in [-0.2, -0.15) is 5.10 Å². The topological polar surface area (TPSA) is 47.7 Å². The number of hydrogen-bond acceptors (Lipinski definition) is 3. The van der Waals surface area contributed by atoms with E-state index in [2.05, 4.69) is 15.4 Å². The largest absolute Gasteiger partial charge is 0.359 e. The molecule has 0 saturated heterocycles. The Labute approximate surface area is 82.4 Å². The van der Waals surface area contributed by atoms with Gasteiger partial charge in [0, 0.05) is 32.7 Å². The lowest BCUT2D eigenvalue weighted by atomic mass is 10.4. The maximum absolute atomic E-state index is 4.17. The van der Waals surface area contributed by atoms with E-state index in [0.29, 0.717) is 0 Å². The maximum atomic E-state index is 4.17. The molecule has 0 saturated carbocycles. The highest BCUT2D eigenvalue weighted by atomic mass is 15.3. The first kappa shape index (κ1) is 8.80. The second-order valence-electron chi connectivity index (χ2n) is 3.07. The van der Waals surface area contributed by atoms with E-state index < -0.39 is 0 Å². The molecule has 0 radical (unpaired) electrons. The highest BCUT2D eigenvalue weighted by Crippen LogP contribution is 2.07. The van der Waals surface area contributed by atoms with E-state index in [1.807, 2.05) is 35.6 Å². The molecule has 2 aromatic rings. The molecule has 5 heteroatoms. The van der Waals surface area contributed by atoms with E-state index in [9.17, 15) is 0 Å². The number of rotatable bonds is 3. The van der Waals surface area contributed by atoms with Crippen LogP contribution < -0.4 is 5.32 Å². The number of anilines is 1. The quantitative estimate of drug-likeness (QED) is 0.777. The monoisotopic (exact) mass is 191 g/mol. The summed E-state index contributed by atoms with van der Waals surface area (Å²) in [5, 5.41) is 7.14. The second kappa shape index (κ2) is 3.53. The first-order valence-electron chi connectivity index (χ1n) is 4.47. The van der Waals surface area contributed by atoms with Gasteiger partial charge >= 0.3 is 0 Å². The van der Waals surface area contributed by atoms with Crippen molar-refractivity contribution in [2.24, 2.45) is 7.05 Å². The molecule has 0 fully saturated rings. The fourth-order valence-electron chi connectivity index (χ4n) is 1.40. The number of nitrogens with zero attached hydrogens (tertiary/aromatic N) is 4. The molecule has 0 amide bonds. The van der Waals surface area contributed by atoms with E-state index in [-0.39, 0.29) is 0 Å². The first-order chi connectivity index (χ1) is 6.81. The van der Waals surface area contributed by atoms with Gasteiger partial charge in [-0.1, -0.05) is 0 Å². The minimum atomic E-state index is 0.784. The Morgan fingerprint density at radius 3 is 2.93 bits per heavy atom. The molecule has 74 valence electrons. The van der Waals surface area contributed by atoms with Crippen LogP contribution in [0.15, 0.2) is 24.7 Å². The molecule has 2 rings (SSSR count). The lowest BCUT2D eigenvalue weighted by molar-refractivity contribution is 0.669. The van der Waals surface area contributed by atoms with Crippen LogP contribution in [0.3, 0.4) is 0 Å². The van der Waals surface area contributed by atoms with Gasteiger partial charge in [-0.25, -0.2) is 4.98 Å². The average molecular weight is 191 g/mol. The van der Waals surface area contributed by atoms with Gasteiger partial charge in [0.2, 0.25) is 5.95 Å². The summed E-state index contributed by atoms with van der Waals surface area (Å²) in [7, 11) is 3.80. The third kappa shape index (κ3) is 1.48. The molecule has 0 spiro atoms. The second-order valence-corrected chi connectivity index (χ2v) is 3.07. The van der Waals surface area contributed by atoms with Crippen LogP contribution >= 0.6 is 0 Å². The fraction of sp³-hybridized carbons (Fsp3) is 0.333. The zero-order valence-electron chi connectivity index (χ0n) is 8.31. The highest BCUT2D eigenvalue weighted by Gasteiger charge is 2.03. The normalized spacial score (nSPS) is 10.4. The third-order valence-electron chi connectivity index (χ3n) is 2.19. The minimum Gasteiger partial charge on any atom is -0.359 e. The van der Waals surface area contributed by atoms with Crippen molar-refractivity contribution in [3.8, 4) is 0 Å². The van der Waals surface area contributed by atoms with Gasteiger partial charge in [-0.15, -0.1) is 0 Å². The van der Waals surface area contributed by atoms with E-state index in [4.69, 9.17) is 0 Å². The summed E-state index contributed by atoms with van der Waals surface area (Å²) in [6, 6.07) is 2.00. The number of aryl methyl sites for hydroxylation is 1. The summed E-state index contributed by atoms with van der Waals surface area (Å²) in [6.45, 7) is 0.784. The standard InChI is InChI=1S/C9H13N5/c1-10-9-11-5-6-14(9)7-8-3-4-12-13(8)2/h3-6H,7H2,1-2H3,(H,10,11). The van der Waals surface area contributed by atoms with Crippen molar-refractivity contribution in [2.75, 3.05) is 12.4 Å². The van der Waals surface area contributed by atoms with E-state index in [1.165, 1.54) is 0 Å². The lowest BCUT2D eigenvalue weighted by Gasteiger charge is -2.06. The smallest absolute Gasteiger partial charge is 0.202 e. The molecule has 2 heterocycles. The van der Waals surface area contributed by atoms with Gasteiger partial charge in [-0.05, 0) is 6.07 Å². The van der Waals surface area contributed by atoms with Crippen LogP contribution in [0.2, 0.25) is 0 Å². The third-order valence-corrected chi connectivity index (χ3v) is 2.19. The Morgan fingerprint density at radius 1 is 1.43 bits per heavy atom. The van der Waals surface area contributed by atoms with Crippen molar-refractivity contribution in [3.63, 3.8) is 0 Å². The van der Waals surface area contributed by atoms with E-state index >= 15 is 0 Å². The van der Waals surface area contributed by atoms with Crippen LogP contribution in [-0.4, -0.2) is 26.4 Å². The van der Waals surface area contributed by atoms with Crippen molar-refractivity contribution >= 4 is 5.95 Å². The van der Waals surface area contributed by atoms with Crippen molar-refractivity contribution < 1.29 is 0 Å². The van der Waals surface area contributed by atoms with E-state index in [0.717, 1.165) is 18.2 Å². The molecule has 1 N–H and O–H groups in total. The SMILES string of the molecule is CNc1nccn1Cc1ccnn1C. The van der Waals surface area contributed by atoms with Gasteiger partial charge < -0.3 is 9.88 Å². The fourth-order valence-corrected chi connectivity index (χ4v) is 1.40. The van der Waals surface area contributed by atoms with Gasteiger partial charge in [0.15, 0.2) is 0 Å². The van der Waals surface area contributed by atoms with Crippen molar-refractivity contribution in [2.45, 2.75) is 6.54 Å². The molecule has 5 nitrogen and oxygen atoms in total. The van der Waals surface area contributed by atoms with Crippen LogP contribution in [0.25, 0.3) is 0 Å². The van der Waals surface area contributed by atoms with Gasteiger partial charge in [0.1, 0.15) is 0 Å². The van der Waals surface area contributed by atoms with Gasteiger partial charge in [0.05, 0.1) is 12.2 Å². The Hall–Kier alpha value is -1.78. The van der Waals surface area contributed by atoms with Gasteiger partial charge in [-0.3, -0.25) is 4.68 Å². The minimum absolute atomic E-state index is 0.784. The predicted molar refractivity (Wildman–Crippen MR) is 54.1 cm³/mol. The number of nitrogens with one attached hydrogen (secondary N) is 1. The molecule has 0 atom stereocenters. The van der Waals surface area contributed by atoms with Crippen LogP contribution in [0.4, 0.5) is 5.95 Å². The van der Waals surface area contributed by atoms with Crippen molar-refractivity contribution in [1.82, 2.24) is 19.3 Å². The summed E-state index contributed by atoms with van der Waals surface area (Å²) in [4.78, 5) is 4.17. The Kier molecular flexibility index (Phi) is 2.22. The highest BCUT2D eigenvalue weighted by molar-refractivity contribution is 5.25. The van der Waals surface area contributed by atoms with Crippen LogP contribution in [0, 0.1) is 0 Å². The average Bonchev–Trinajstić information content (AvgIpc) is 2.77. The number of imidazole rings is 1. The predicted octanol–water partition coefficient (Wildman–Crippen LogP) is 0.707. The van der Waals surface area contributed by atoms with Crippen LogP contribution in [0.5, 0.6) is 0 Å². The van der Waals surface area contributed by atoms with Crippen molar-refractivity contribution in [1.29, 1.82) is 0 Å². The van der Waals surface area contributed by atoms with E-state index in [1.54, 1.807) is 12.4 Å². The Morgan fingerprint density at radius 2 is 2.29 bits per heavy atom. The molecule has 0 aliphatic carbocycles. The zero-order chi connectivity index (χ0) is 9.97. The molecule has 2 aromatic heterocycles. The molecular weight excluding hydrogens is 178 g/mol. The Balaban J connectivity index is 2.22. The van der Waals surface area contributed by atoms with Crippen molar-refractivity contribution in [3.05, 3.63) is 30.4 Å². The summed E-state index contributed by atoms with van der Waals surface area (Å²) >= 11 is 0. The molecule has 0 aromatic carbocycles. The molecule has 0 aliphatic heterocycles. The molecule has 0 bridgehead atoms. The number of aromatic nitrogens is 4. The molecule has 0 aliphatic rings. The molecule has 14 heavy (non-hydrogen) atoms.